The van der Waals surface area contributed by atoms with Gasteiger partial charge in [-0.15, -0.1) is 0 Å². The molecule has 0 fully saturated rings. The van der Waals surface area contributed by atoms with Crippen molar-refractivity contribution in [2.45, 2.75) is 38.5 Å². The minimum Gasteiger partial charge on any atom is -0.271 e. The summed E-state index contributed by atoms with van der Waals surface area (Å²) < 4.78 is 0. The number of hydrogen-bond donors (Lipinski definition) is 0. The van der Waals surface area contributed by atoms with Gasteiger partial charge in [-0.3, -0.25) is 9.98 Å². The van der Waals surface area contributed by atoms with Crippen LogP contribution in [0.1, 0.15) is 38.5 Å². The Hall–Kier alpha value is -1.32. The SMILES string of the molecule is C(C=NC1=NCCCC1)=NC1=NCCCC1. The molecule has 0 spiro atoms. The minimum atomic E-state index is 0.927. The molecule has 2 heterocycles. The fourth-order valence-electron chi connectivity index (χ4n) is 1.81. The molecule has 0 aromatic carbocycles. The Morgan fingerprint density at radius 1 is 0.750 bits per heavy atom. The van der Waals surface area contributed by atoms with Crippen LogP contribution in [0, 0.1) is 0 Å². The van der Waals surface area contributed by atoms with Gasteiger partial charge in [0.2, 0.25) is 0 Å². The molecular weight excluding hydrogens is 200 g/mol. The van der Waals surface area contributed by atoms with Crippen molar-refractivity contribution < 1.29 is 0 Å². The molecule has 0 aliphatic carbocycles. The Morgan fingerprint density at radius 2 is 1.25 bits per heavy atom. The standard InChI is InChI=1S/C12H18N4/c1-3-7-13-11(5-1)15-9-10-16-12-6-2-4-8-14-12/h9-10H,1-8H2. The lowest BCUT2D eigenvalue weighted by atomic mass is 10.2. The first-order chi connectivity index (χ1) is 7.95. The fraction of sp³-hybridized carbons (Fsp3) is 0.667. The third-order valence-corrected chi connectivity index (χ3v) is 2.72. The Bertz CT molecular complexity index is 305. The van der Waals surface area contributed by atoms with E-state index in [2.05, 4.69) is 20.0 Å². The summed E-state index contributed by atoms with van der Waals surface area (Å²) in [6, 6.07) is 0. The molecule has 2 aliphatic heterocycles. The minimum absolute atomic E-state index is 0.927. The van der Waals surface area contributed by atoms with Crippen LogP contribution >= 0.6 is 0 Å². The highest BCUT2D eigenvalue weighted by Crippen LogP contribution is 2.06. The average Bonchev–Trinajstić information content (AvgIpc) is 2.37. The molecule has 0 bridgehead atoms. The highest BCUT2D eigenvalue weighted by molar-refractivity contribution is 6.21. The molecule has 0 radical (unpaired) electrons. The van der Waals surface area contributed by atoms with Crippen LogP contribution in [-0.4, -0.2) is 37.2 Å². The zero-order valence-electron chi connectivity index (χ0n) is 9.60. The van der Waals surface area contributed by atoms with E-state index in [9.17, 15) is 0 Å². The van der Waals surface area contributed by atoms with Gasteiger partial charge in [0.1, 0.15) is 11.7 Å². The Morgan fingerprint density at radius 3 is 1.62 bits per heavy atom. The zero-order chi connectivity index (χ0) is 11.1. The molecule has 4 nitrogen and oxygen atoms in total. The van der Waals surface area contributed by atoms with Crippen molar-refractivity contribution in [2.75, 3.05) is 13.1 Å². The van der Waals surface area contributed by atoms with Crippen LogP contribution in [0.15, 0.2) is 20.0 Å². The van der Waals surface area contributed by atoms with E-state index in [0.717, 1.165) is 37.6 Å². The summed E-state index contributed by atoms with van der Waals surface area (Å²) in [5, 5.41) is 0. The summed E-state index contributed by atoms with van der Waals surface area (Å²) in [7, 11) is 0. The van der Waals surface area contributed by atoms with E-state index in [4.69, 9.17) is 0 Å². The molecule has 0 atom stereocenters. The summed E-state index contributed by atoms with van der Waals surface area (Å²) in [5.41, 5.74) is 0. The second-order valence-corrected chi connectivity index (χ2v) is 4.07. The van der Waals surface area contributed by atoms with Gasteiger partial charge in [-0.05, 0) is 25.7 Å². The topological polar surface area (TPSA) is 49.4 Å². The predicted molar refractivity (Wildman–Crippen MR) is 69.3 cm³/mol. The predicted octanol–water partition coefficient (Wildman–Crippen LogP) is 2.29. The maximum Gasteiger partial charge on any atom is 0.123 e. The van der Waals surface area contributed by atoms with Crippen LogP contribution in [0.2, 0.25) is 0 Å². The van der Waals surface area contributed by atoms with Crippen LogP contribution in [0.25, 0.3) is 0 Å². The third kappa shape index (κ3) is 3.68. The lowest BCUT2D eigenvalue weighted by Gasteiger charge is -2.06. The zero-order valence-corrected chi connectivity index (χ0v) is 9.60. The van der Waals surface area contributed by atoms with Gasteiger partial charge in [-0.25, -0.2) is 9.98 Å². The molecule has 2 rings (SSSR count). The van der Waals surface area contributed by atoms with Crippen LogP contribution in [-0.2, 0) is 0 Å². The molecule has 0 amide bonds. The first-order valence-electron chi connectivity index (χ1n) is 6.08. The van der Waals surface area contributed by atoms with Crippen molar-refractivity contribution in [1.82, 2.24) is 0 Å². The molecule has 86 valence electrons. The molecule has 2 aliphatic rings. The van der Waals surface area contributed by atoms with Gasteiger partial charge >= 0.3 is 0 Å². The third-order valence-electron chi connectivity index (χ3n) is 2.72. The molecule has 0 saturated heterocycles. The lowest BCUT2D eigenvalue weighted by molar-refractivity contribution is 0.733. The van der Waals surface area contributed by atoms with Crippen LogP contribution in [0.3, 0.4) is 0 Å². The molecule has 16 heavy (non-hydrogen) atoms. The monoisotopic (exact) mass is 218 g/mol. The second-order valence-electron chi connectivity index (χ2n) is 4.07. The van der Waals surface area contributed by atoms with Crippen LogP contribution in [0.4, 0.5) is 0 Å². The average molecular weight is 218 g/mol. The van der Waals surface area contributed by atoms with Gasteiger partial charge in [0.25, 0.3) is 0 Å². The van der Waals surface area contributed by atoms with E-state index in [-0.39, 0.29) is 0 Å². The maximum absolute atomic E-state index is 4.34. The summed E-state index contributed by atoms with van der Waals surface area (Å²) in [4.78, 5) is 17.3. The summed E-state index contributed by atoms with van der Waals surface area (Å²) in [5.74, 6) is 1.92. The molecule has 4 heteroatoms. The Labute approximate surface area is 96.3 Å². The molecule has 0 saturated carbocycles. The summed E-state index contributed by atoms with van der Waals surface area (Å²) >= 11 is 0. The van der Waals surface area contributed by atoms with E-state index in [1.165, 1.54) is 25.7 Å². The van der Waals surface area contributed by atoms with E-state index < -0.39 is 0 Å². The van der Waals surface area contributed by atoms with Gasteiger partial charge in [-0.1, -0.05) is 0 Å². The van der Waals surface area contributed by atoms with Gasteiger partial charge in [-0.2, -0.15) is 0 Å². The molecule has 0 aromatic rings. The summed E-state index contributed by atoms with van der Waals surface area (Å²) in [6.45, 7) is 1.85. The highest BCUT2D eigenvalue weighted by Gasteiger charge is 2.02. The van der Waals surface area contributed by atoms with Crippen LogP contribution in [0.5, 0.6) is 0 Å². The lowest BCUT2D eigenvalue weighted by Crippen LogP contribution is -2.05. The van der Waals surface area contributed by atoms with Crippen molar-refractivity contribution in [3.8, 4) is 0 Å². The van der Waals surface area contributed by atoms with Gasteiger partial charge in [0, 0.05) is 38.4 Å². The smallest absolute Gasteiger partial charge is 0.123 e. The maximum atomic E-state index is 4.34. The molecule has 0 N–H and O–H groups in total. The number of hydrogen-bond acceptors (Lipinski definition) is 4. The number of rotatable bonds is 1. The Kier molecular flexibility index (Phi) is 4.40. The van der Waals surface area contributed by atoms with Crippen molar-refractivity contribution >= 4 is 24.1 Å². The quantitative estimate of drug-likeness (QED) is 0.606. The van der Waals surface area contributed by atoms with Crippen molar-refractivity contribution in [3.63, 3.8) is 0 Å². The van der Waals surface area contributed by atoms with Gasteiger partial charge in [0.05, 0.1) is 0 Å². The van der Waals surface area contributed by atoms with Gasteiger partial charge in [0.15, 0.2) is 0 Å². The normalized spacial score (nSPS) is 22.5. The van der Waals surface area contributed by atoms with E-state index >= 15 is 0 Å². The molecule has 0 aromatic heterocycles. The first-order valence-corrected chi connectivity index (χ1v) is 6.08. The number of nitrogens with zero attached hydrogens (tertiary/aromatic N) is 4. The number of amidine groups is 2. The summed E-state index contributed by atoms with van der Waals surface area (Å²) in [6.07, 6.45) is 10.3. The Balaban J connectivity index is 1.81. The number of aliphatic imine (C=N–C) groups is 4. The first kappa shape index (κ1) is 11.2. The van der Waals surface area contributed by atoms with Crippen molar-refractivity contribution in [3.05, 3.63) is 0 Å². The van der Waals surface area contributed by atoms with Crippen molar-refractivity contribution in [2.24, 2.45) is 20.0 Å². The second kappa shape index (κ2) is 6.30. The molecular formula is C12H18N4. The van der Waals surface area contributed by atoms with Gasteiger partial charge < -0.3 is 0 Å². The fourth-order valence-corrected chi connectivity index (χ4v) is 1.81. The molecule has 0 unspecified atom stereocenters. The van der Waals surface area contributed by atoms with E-state index in [1.807, 2.05) is 0 Å². The largest absolute Gasteiger partial charge is 0.271 e. The van der Waals surface area contributed by atoms with E-state index in [1.54, 1.807) is 12.4 Å². The van der Waals surface area contributed by atoms with E-state index in [0.29, 0.717) is 0 Å². The van der Waals surface area contributed by atoms with Crippen molar-refractivity contribution in [1.29, 1.82) is 0 Å². The highest BCUT2D eigenvalue weighted by atomic mass is 14.9. The van der Waals surface area contributed by atoms with Crippen LogP contribution < -0.4 is 0 Å².